The molecule has 3 N–H and O–H groups in total. The molecule has 0 aliphatic heterocycles. The zero-order valence-electron chi connectivity index (χ0n) is 13.0. The summed E-state index contributed by atoms with van der Waals surface area (Å²) >= 11 is 1.38. The van der Waals surface area contributed by atoms with Crippen molar-refractivity contribution < 1.29 is 14.1 Å². The van der Waals surface area contributed by atoms with E-state index in [2.05, 4.69) is 15.7 Å². The molecule has 0 aliphatic carbocycles. The zero-order valence-corrected chi connectivity index (χ0v) is 14.8. The quantitative estimate of drug-likeness (QED) is 0.388. The van der Waals surface area contributed by atoms with Crippen LogP contribution in [0.2, 0.25) is 0 Å². The van der Waals surface area contributed by atoms with Gasteiger partial charge in [0.15, 0.2) is 7.15 Å². The molecule has 0 fully saturated rings. The van der Waals surface area contributed by atoms with E-state index in [9.17, 15) is 9.36 Å². The number of carbonyl (C=O) groups is 1. The van der Waals surface area contributed by atoms with E-state index >= 15 is 0 Å². The zero-order chi connectivity index (χ0) is 15.5. The van der Waals surface area contributed by atoms with E-state index in [0.29, 0.717) is 5.92 Å². The van der Waals surface area contributed by atoms with Crippen LogP contribution in [0.4, 0.5) is 0 Å². The van der Waals surface area contributed by atoms with Crippen LogP contribution in [0.3, 0.4) is 0 Å². The number of hydrogen-bond acceptors (Lipinski definition) is 6. The highest BCUT2D eigenvalue weighted by atomic mass is 32.7. The first kappa shape index (κ1) is 19.9. The van der Waals surface area contributed by atoms with Crippen molar-refractivity contribution in [2.75, 3.05) is 32.9 Å². The van der Waals surface area contributed by atoms with Crippen molar-refractivity contribution in [3.63, 3.8) is 0 Å². The molecule has 0 aromatic rings. The summed E-state index contributed by atoms with van der Waals surface area (Å²) in [6.07, 6.45) is -0.155. The fraction of sp³-hybridized carbons (Fsp3) is 0.917. The summed E-state index contributed by atoms with van der Waals surface area (Å²) in [5.74, 6) is 0.822. The molecule has 0 aliphatic rings. The highest BCUT2D eigenvalue weighted by Gasteiger charge is 2.18. The maximum atomic E-state index is 11.9. The van der Waals surface area contributed by atoms with Gasteiger partial charge in [-0.15, -0.1) is 0 Å². The molecule has 0 saturated carbocycles. The van der Waals surface area contributed by atoms with Crippen LogP contribution in [0.15, 0.2) is 0 Å². The highest BCUT2D eigenvalue weighted by Crippen LogP contribution is 2.35. The Bertz CT molecular complexity index is 300. The summed E-state index contributed by atoms with van der Waals surface area (Å²) in [7, 11) is 1.76. The fourth-order valence-electron chi connectivity index (χ4n) is 1.57. The van der Waals surface area contributed by atoms with Gasteiger partial charge in [0.1, 0.15) is 6.04 Å². The molecule has 8 heteroatoms. The molecule has 0 radical (unpaired) electrons. The highest BCUT2D eigenvalue weighted by molar-refractivity contribution is 8.51. The molecule has 0 aromatic heterocycles. The van der Waals surface area contributed by atoms with Gasteiger partial charge < -0.3 is 15.4 Å². The summed E-state index contributed by atoms with van der Waals surface area (Å²) in [5, 5.41) is 9.06. The first-order valence-corrected chi connectivity index (χ1v) is 9.95. The van der Waals surface area contributed by atoms with Crippen molar-refractivity contribution in [2.45, 2.75) is 32.9 Å². The Morgan fingerprint density at radius 2 is 1.75 bits per heavy atom. The number of ether oxygens (including phenoxy) is 1. The first-order valence-electron chi connectivity index (χ1n) is 6.83. The molecule has 0 amide bonds. The van der Waals surface area contributed by atoms with E-state index in [0.717, 1.165) is 18.8 Å². The summed E-state index contributed by atoms with van der Waals surface area (Å²) in [4.78, 5) is 11.6. The molecule has 6 nitrogen and oxygen atoms in total. The molecular weight excluding hydrogens is 297 g/mol. The van der Waals surface area contributed by atoms with Crippen LogP contribution in [-0.2, 0) is 14.1 Å². The van der Waals surface area contributed by atoms with Crippen molar-refractivity contribution >= 4 is 24.5 Å². The van der Waals surface area contributed by atoms with Gasteiger partial charge >= 0.3 is 5.97 Å². The molecule has 0 saturated heterocycles. The smallest absolute Gasteiger partial charge is 0.323 e. The monoisotopic (exact) mass is 325 g/mol. The minimum atomic E-state index is -2.04. The van der Waals surface area contributed by atoms with Crippen LogP contribution < -0.4 is 15.7 Å². The lowest BCUT2D eigenvalue weighted by Crippen LogP contribution is -2.32. The second kappa shape index (κ2) is 11.6. The Balaban J connectivity index is 4.05. The molecule has 0 spiro atoms. The standard InChI is InChI=1S/C12H28N3O3PS/c1-9(2)18-12(16)10(3)15-19(17)20-8-11(6-13-4)7-14-5/h9-11,13-14,19H,6-8H2,1-5H3,(H,15,17)/t10-/m0/s1. The second-order valence-corrected chi connectivity index (χ2v) is 8.40. The van der Waals surface area contributed by atoms with E-state index in [4.69, 9.17) is 4.74 Å². The average molecular weight is 325 g/mol. The lowest BCUT2D eigenvalue weighted by atomic mass is 10.2. The van der Waals surface area contributed by atoms with Crippen molar-refractivity contribution in [1.82, 2.24) is 15.7 Å². The average Bonchev–Trinajstić information content (AvgIpc) is 2.35. The maximum Gasteiger partial charge on any atom is 0.323 e. The molecule has 0 heterocycles. The Hall–Kier alpha value is -0.0700. The largest absolute Gasteiger partial charge is 0.462 e. The second-order valence-electron chi connectivity index (χ2n) is 4.93. The molecule has 1 unspecified atom stereocenters. The van der Waals surface area contributed by atoms with Gasteiger partial charge in [-0.3, -0.25) is 9.36 Å². The Morgan fingerprint density at radius 1 is 1.20 bits per heavy atom. The minimum Gasteiger partial charge on any atom is -0.462 e. The van der Waals surface area contributed by atoms with Crippen molar-refractivity contribution in [3.8, 4) is 0 Å². The van der Waals surface area contributed by atoms with Gasteiger partial charge in [-0.05, 0) is 53.9 Å². The lowest BCUT2D eigenvalue weighted by Gasteiger charge is -2.17. The Kier molecular flexibility index (Phi) is 11.5. The van der Waals surface area contributed by atoms with Gasteiger partial charge in [0.05, 0.1) is 6.10 Å². The predicted molar refractivity (Wildman–Crippen MR) is 86.6 cm³/mol. The van der Waals surface area contributed by atoms with Crippen LogP contribution >= 0.6 is 18.5 Å². The van der Waals surface area contributed by atoms with Crippen LogP contribution in [0.5, 0.6) is 0 Å². The van der Waals surface area contributed by atoms with Crippen molar-refractivity contribution in [3.05, 3.63) is 0 Å². The van der Waals surface area contributed by atoms with E-state index in [-0.39, 0.29) is 12.1 Å². The normalized spacial score (nSPS) is 14.6. The molecular formula is C12H28N3O3PS. The molecule has 120 valence electrons. The number of hydrogen-bond donors (Lipinski definition) is 3. The van der Waals surface area contributed by atoms with E-state index in [1.807, 2.05) is 14.1 Å². The van der Waals surface area contributed by atoms with Crippen molar-refractivity contribution in [2.24, 2.45) is 5.92 Å². The third-order valence-corrected chi connectivity index (χ3v) is 5.68. The summed E-state index contributed by atoms with van der Waals surface area (Å²) in [5.41, 5.74) is 0. The van der Waals surface area contributed by atoms with Crippen molar-refractivity contribution in [1.29, 1.82) is 0 Å². The van der Waals surface area contributed by atoms with Crippen LogP contribution in [0.25, 0.3) is 0 Å². The Labute approximate surface area is 126 Å². The SMILES string of the molecule is CNCC(CNC)CS[PH](=O)N[C@@H](C)C(=O)OC(C)C. The molecule has 0 aromatic carbocycles. The summed E-state index contributed by atoms with van der Waals surface area (Å²) in [6, 6.07) is -0.539. The number of nitrogens with one attached hydrogen (secondary N) is 3. The van der Waals surface area contributed by atoms with E-state index in [1.54, 1.807) is 20.8 Å². The third-order valence-electron chi connectivity index (χ3n) is 2.48. The third kappa shape index (κ3) is 9.77. The van der Waals surface area contributed by atoms with Crippen LogP contribution in [0.1, 0.15) is 20.8 Å². The van der Waals surface area contributed by atoms with Gasteiger partial charge in [-0.25, -0.2) is 5.09 Å². The molecule has 2 atom stereocenters. The maximum absolute atomic E-state index is 11.9. The summed E-state index contributed by atoms with van der Waals surface area (Å²) < 4.78 is 17.0. The Morgan fingerprint density at radius 3 is 2.20 bits per heavy atom. The number of carbonyl (C=O) groups excluding carboxylic acids is 1. The predicted octanol–water partition coefficient (Wildman–Crippen LogP) is 1.09. The fourth-order valence-corrected chi connectivity index (χ4v) is 4.69. The molecule has 0 bridgehead atoms. The van der Waals surface area contributed by atoms with Gasteiger partial charge in [0, 0.05) is 5.75 Å². The van der Waals surface area contributed by atoms with Gasteiger partial charge in [0.25, 0.3) is 0 Å². The minimum absolute atomic E-state index is 0.155. The number of esters is 1. The molecule has 20 heavy (non-hydrogen) atoms. The van der Waals surface area contributed by atoms with Gasteiger partial charge in [-0.1, -0.05) is 11.4 Å². The van der Waals surface area contributed by atoms with E-state index < -0.39 is 13.2 Å². The lowest BCUT2D eigenvalue weighted by molar-refractivity contribution is -0.148. The number of rotatable bonds is 11. The van der Waals surface area contributed by atoms with Gasteiger partial charge in [0.2, 0.25) is 0 Å². The van der Waals surface area contributed by atoms with E-state index in [1.165, 1.54) is 11.4 Å². The topological polar surface area (TPSA) is 79.5 Å². The van der Waals surface area contributed by atoms with Crippen LogP contribution in [0, 0.1) is 5.92 Å². The molecule has 0 rings (SSSR count). The summed E-state index contributed by atoms with van der Waals surface area (Å²) in [6.45, 7) is 7.00. The van der Waals surface area contributed by atoms with Crippen LogP contribution in [-0.4, -0.2) is 51.1 Å². The van der Waals surface area contributed by atoms with Gasteiger partial charge in [-0.2, -0.15) is 0 Å². The first-order chi connectivity index (χ1) is 9.40.